The van der Waals surface area contributed by atoms with Gasteiger partial charge in [0.15, 0.2) is 6.61 Å². The molecule has 2 heterocycles. The molecular weight excluding hydrogens is 401 g/mol. The lowest BCUT2D eigenvalue weighted by Gasteiger charge is -2.08. The summed E-state index contributed by atoms with van der Waals surface area (Å²) < 4.78 is 17.7. The van der Waals surface area contributed by atoms with E-state index in [-0.39, 0.29) is 12.4 Å². The van der Waals surface area contributed by atoms with E-state index in [1.165, 1.54) is 42.9 Å². The summed E-state index contributed by atoms with van der Waals surface area (Å²) in [5, 5.41) is 11.7. The second-order valence-corrected chi connectivity index (χ2v) is 7.86. The van der Waals surface area contributed by atoms with Crippen LogP contribution in [0.15, 0.2) is 47.6 Å². The van der Waals surface area contributed by atoms with Gasteiger partial charge in [0.25, 0.3) is 0 Å². The Balaban J connectivity index is 1.67. The van der Waals surface area contributed by atoms with Gasteiger partial charge in [-0.2, -0.15) is 0 Å². The van der Waals surface area contributed by atoms with Gasteiger partial charge in [0.1, 0.15) is 23.0 Å². The fourth-order valence-electron chi connectivity index (χ4n) is 2.91. The quantitative estimate of drug-likeness (QED) is 0.254. The molecule has 0 aliphatic carbocycles. The molecule has 0 saturated heterocycles. The van der Waals surface area contributed by atoms with Crippen molar-refractivity contribution in [1.29, 1.82) is 0 Å². The average Bonchev–Trinajstić information content (AvgIpc) is 3.17. The molecule has 0 fully saturated rings. The summed E-state index contributed by atoms with van der Waals surface area (Å²) in [5.41, 5.74) is 2.37. The van der Waals surface area contributed by atoms with Crippen molar-refractivity contribution < 1.29 is 9.23 Å². The maximum atomic E-state index is 13.7. The highest BCUT2D eigenvalue weighted by atomic mass is 32.1. The fourth-order valence-corrected chi connectivity index (χ4v) is 3.38. The number of aromatic nitrogens is 3. The van der Waals surface area contributed by atoms with E-state index in [2.05, 4.69) is 32.0 Å². The smallest absolute Gasteiger partial charge is 0.159 e. The van der Waals surface area contributed by atoms with Crippen molar-refractivity contribution in [1.82, 2.24) is 14.6 Å². The molecule has 0 unspecified atom stereocenters. The Morgan fingerprint density at radius 3 is 2.80 bits per heavy atom. The zero-order chi connectivity index (χ0) is 21.2. The van der Waals surface area contributed by atoms with E-state index in [9.17, 15) is 4.39 Å². The summed E-state index contributed by atoms with van der Waals surface area (Å²) in [7, 11) is 0. The summed E-state index contributed by atoms with van der Waals surface area (Å²) in [6.45, 7) is 5.19. The van der Waals surface area contributed by atoms with Gasteiger partial charge in [-0.1, -0.05) is 54.0 Å². The number of benzene rings is 1. The van der Waals surface area contributed by atoms with Crippen LogP contribution in [0, 0.1) is 12.7 Å². The number of rotatable bonds is 11. The molecule has 3 aromatic rings. The molecule has 8 heteroatoms. The van der Waals surface area contributed by atoms with Gasteiger partial charge in [0.2, 0.25) is 0 Å². The number of hydrogen-bond donors (Lipinski definition) is 1. The van der Waals surface area contributed by atoms with Gasteiger partial charge in [0, 0.05) is 12.1 Å². The zero-order valence-corrected chi connectivity index (χ0v) is 18.1. The molecule has 0 saturated carbocycles. The summed E-state index contributed by atoms with van der Waals surface area (Å²) in [4.78, 5) is 11.0. The minimum absolute atomic E-state index is 0.195. The van der Waals surface area contributed by atoms with E-state index >= 15 is 0 Å². The predicted octanol–water partition coefficient (Wildman–Crippen LogP) is 5.34. The maximum absolute atomic E-state index is 13.7. The third-order valence-electron chi connectivity index (χ3n) is 4.49. The molecule has 6 nitrogen and oxygen atoms in total. The highest BCUT2D eigenvalue weighted by Crippen LogP contribution is 2.17. The molecule has 0 aliphatic rings. The lowest BCUT2D eigenvalue weighted by Crippen LogP contribution is -2.08. The fraction of sp³-hybridized carbons (Fsp3) is 0.364. The first kappa shape index (κ1) is 21.8. The first-order chi connectivity index (χ1) is 14.7. The third kappa shape index (κ3) is 6.32. The number of unbranched alkanes of at least 4 members (excludes halogenated alkanes) is 3. The van der Waals surface area contributed by atoms with Gasteiger partial charge in [0.05, 0.1) is 10.6 Å². The molecule has 30 heavy (non-hydrogen) atoms. The van der Waals surface area contributed by atoms with Crippen molar-refractivity contribution in [2.24, 2.45) is 5.16 Å². The lowest BCUT2D eigenvalue weighted by atomic mass is 10.1. The molecule has 2 aromatic heterocycles. The monoisotopic (exact) mass is 427 g/mol. The van der Waals surface area contributed by atoms with Crippen LogP contribution in [-0.4, -0.2) is 26.8 Å². The maximum Gasteiger partial charge on any atom is 0.159 e. The number of aryl methyl sites for hydroxylation is 1. The second-order valence-electron chi connectivity index (χ2n) is 6.90. The molecule has 0 amide bonds. The van der Waals surface area contributed by atoms with Crippen LogP contribution >= 0.6 is 11.5 Å². The Morgan fingerprint density at radius 1 is 1.17 bits per heavy atom. The zero-order valence-electron chi connectivity index (χ0n) is 17.3. The molecule has 0 aliphatic heterocycles. The largest absolute Gasteiger partial charge is 0.389 e. The van der Waals surface area contributed by atoms with Gasteiger partial charge in [-0.3, -0.25) is 0 Å². The van der Waals surface area contributed by atoms with Crippen LogP contribution in [0.2, 0.25) is 0 Å². The standard InChI is InChI=1S/C22H26FN5OS/c1-3-4-5-6-13-24-20-12-8-11-19(25-20)15-29-27-22(21-16(2)30-28-26-21)17-9-7-10-18(23)14-17/h7-12,14H,3-6,13,15H2,1-2H3,(H,24,25). The summed E-state index contributed by atoms with van der Waals surface area (Å²) in [6, 6.07) is 12.0. The van der Waals surface area contributed by atoms with E-state index in [1.54, 1.807) is 12.1 Å². The average molecular weight is 428 g/mol. The first-order valence-electron chi connectivity index (χ1n) is 10.1. The number of anilines is 1. The molecule has 158 valence electrons. The highest BCUT2D eigenvalue weighted by Gasteiger charge is 2.15. The van der Waals surface area contributed by atoms with Gasteiger partial charge < -0.3 is 10.2 Å². The Kier molecular flexibility index (Phi) is 8.26. The number of pyridine rings is 1. The molecule has 0 bridgehead atoms. The molecular formula is C22H26FN5OS. The van der Waals surface area contributed by atoms with Gasteiger partial charge >= 0.3 is 0 Å². The van der Waals surface area contributed by atoms with Crippen molar-refractivity contribution in [3.63, 3.8) is 0 Å². The molecule has 0 radical (unpaired) electrons. The van der Waals surface area contributed by atoms with Crippen molar-refractivity contribution in [2.75, 3.05) is 11.9 Å². The van der Waals surface area contributed by atoms with Crippen LogP contribution in [0.3, 0.4) is 0 Å². The number of halogens is 1. The van der Waals surface area contributed by atoms with Gasteiger partial charge in [-0.15, -0.1) is 5.10 Å². The Morgan fingerprint density at radius 2 is 2.03 bits per heavy atom. The Bertz CT molecular complexity index is 975. The number of nitrogens with zero attached hydrogens (tertiary/aromatic N) is 4. The second kappa shape index (κ2) is 11.3. The highest BCUT2D eigenvalue weighted by molar-refractivity contribution is 7.05. The molecule has 1 N–H and O–H groups in total. The minimum Gasteiger partial charge on any atom is -0.389 e. The molecule has 1 aromatic carbocycles. The third-order valence-corrected chi connectivity index (χ3v) is 5.12. The number of oxime groups is 1. The van der Waals surface area contributed by atoms with Crippen LogP contribution in [-0.2, 0) is 11.4 Å². The normalized spacial score (nSPS) is 11.5. The van der Waals surface area contributed by atoms with E-state index in [0.717, 1.165) is 29.4 Å². The van der Waals surface area contributed by atoms with Crippen LogP contribution < -0.4 is 5.32 Å². The topological polar surface area (TPSA) is 72.3 Å². The van der Waals surface area contributed by atoms with E-state index in [1.807, 2.05) is 25.1 Å². The van der Waals surface area contributed by atoms with Crippen molar-refractivity contribution in [2.45, 2.75) is 46.1 Å². The van der Waals surface area contributed by atoms with Crippen LogP contribution in [0.1, 0.15) is 54.4 Å². The number of hydrogen-bond acceptors (Lipinski definition) is 7. The predicted molar refractivity (Wildman–Crippen MR) is 118 cm³/mol. The van der Waals surface area contributed by atoms with E-state index in [0.29, 0.717) is 17.0 Å². The van der Waals surface area contributed by atoms with Gasteiger partial charge in [-0.25, -0.2) is 9.37 Å². The summed E-state index contributed by atoms with van der Waals surface area (Å²) in [5.74, 6) is 0.474. The first-order valence-corrected chi connectivity index (χ1v) is 10.9. The summed E-state index contributed by atoms with van der Waals surface area (Å²) in [6.07, 6.45) is 4.82. The molecule has 0 spiro atoms. The Hall–Kier alpha value is -2.87. The lowest BCUT2D eigenvalue weighted by molar-refractivity contribution is 0.128. The van der Waals surface area contributed by atoms with Crippen molar-refractivity contribution >= 4 is 23.1 Å². The SMILES string of the molecule is CCCCCCNc1cccc(CON=C(c2cccc(F)c2)c2nnsc2C)n1. The minimum atomic E-state index is -0.347. The number of nitrogens with one attached hydrogen (secondary N) is 1. The van der Waals surface area contributed by atoms with Crippen molar-refractivity contribution in [3.05, 3.63) is 70.1 Å². The van der Waals surface area contributed by atoms with Crippen molar-refractivity contribution in [3.8, 4) is 0 Å². The molecule has 3 rings (SSSR count). The Labute approximate surface area is 180 Å². The van der Waals surface area contributed by atoms with E-state index < -0.39 is 0 Å². The van der Waals surface area contributed by atoms with Crippen LogP contribution in [0.25, 0.3) is 0 Å². The van der Waals surface area contributed by atoms with Crippen LogP contribution in [0.4, 0.5) is 10.2 Å². The molecule has 0 atom stereocenters. The van der Waals surface area contributed by atoms with Gasteiger partial charge in [-0.05, 0) is 49.1 Å². The summed E-state index contributed by atoms with van der Waals surface area (Å²) >= 11 is 1.26. The van der Waals surface area contributed by atoms with E-state index in [4.69, 9.17) is 4.84 Å². The van der Waals surface area contributed by atoms with Crippen LogP contribution in [0.5, 0.6) is 0 Å².